The minimum Gasteiger partial charge on any atom is -0.377 e. The van der Waals surface area contributed by atoms with Crippen LogP contribution in [0.2, 0.25) is 0 Å². The van der Waals surface area contributed by atoms with Gasteiger partial charge in [-0.1, -0.05) is 13.8 Å². The van der Waals surface area contributed by atoms with Crippen molar-refractivity contribution < 1.29 is 4.74 Å². The van der Waals surface area contributed by atoms with Gasteiger partial charge in [-0.3, -0.25) is 4.98 Å². The highest BCUT2D eigenvalue weighted by molar-refractivity contribution is 5.11. The van der Waals surface area contributed by atoms with E-state index in [9.17, 15) is 0 Å². The lowest BCUT2D eigenvalue weighted by Gasteiger charge is -2.27. The highest BCUT2D eigenvalue weighted by Crippen LogP contribution is 2.13. The molecule has 2 unspecified atom stereocenters. The van der Waals surface area contributed by atoms with Crippen LogP contribution in [0.5, 0.6) is 0 Å². The molecule has 0 bridgehead atoms. The van der Waals surface area contributed by atoms with E-state index in [1.54, 1.807) is 12.4 Å². The Hall–Kier alpha value is -0.930. The minimum atomic E-state index is 0.0438. The summed E-state index contributed by atoms with van der Waals surface area (Å²) >= 11 is 0. The molecule has 16 heavy (non-hydrogen) atoms. The second-order valence-electron chi connectivity index (χ2n) is 4.39. The first-order valence-corrected chi connectivity index (χ1v) is 5.91. The molecule has 0 fully saturated rings. The van der Waals surface area contributed by atoms with E-state index < -0.39 is 0 Å². The number of ether oxygens (including phenoxy) is 1. The number of hydrogen-bond acceptors (Lipinski definition) is 3. The van der Waals surface area contributed by atoms with Crippen LogP contribution in [0.3, 0.4) is 0 Å². The van der Waals surface area contributed by atoms with Crippen LogP contribution in [-0.4, -0.2) is 23.7 Å². The fourth-order valence-electron chi connectivity index (χ4n) is 1.91. The SMILES string of the molecule is CCOC(C(C)C)C(N)Cc1ccncc1. The average molecular weight is 222 g/mol. The third-order valence-electron chi connectivity index (χ3n) is 2.66. The number of aromatic nitrogens is 1. The van der Waals surface area contributed by atoms with Crippen LogP contribution in [0.15, 0.2) is 24.5 Å². The molecule has 90 valence electrons. The topological polar surface area (TPSA) is 48.1 Å². The zero-order valence-corrected chi connectivity index (χ0v) is 10.4. The molecule has 0 saturated carbocycles. The Balaban J connectivity index is 2.58. The predicted octanol–water partition coefficient (Wildman–Crippen LogP) is 2.01. The molecule has 0 aromatic carbocycles. The van der Waals surface area contributed by atoms with Gasteiger partial charge in [-0.25, -0.2) is 0 Å². The Morgan fingerprint density at radius 1 is 1.31 bits per heavy atom. The Kier molecular flexibility index (Phi) is 5.43. The van der Waals surface area contributed by atoms with E-state index in [0.29, 0.717) is 12.5 Å². The highest BCUT2D eigenvalue weighted by atomic mass is 16.5. The molecule has 0 amide bonds. The van der Waals surface area contributed by atoms with Crippen LogP contribution in [-0.2, 0) is 11.2 Å². The second kappa shape index (κ2) is 6.61. The van der Waals surface area contributed by atoms with Gasteiger partial charge in [0.25, 0.3) is 0 Å². The summed E-state index contributed by atoms with van der Waals surface area (Å²) in [5.41, 5.74) is 7.41. The average Bonchev–Trinajstić information content (AvgIpc) is 2.26. The van der Waals surface area contributed by atoms with Crippen LogP contribution >= 0.6 is 0 Å². The number of hydrogen-bond donors (Lipinski definition) is 1. The zero-order valence-electron chi connectivity index (χ0n) is 10.4. The molecule has 0 aliphatic rings. The summed E-state index contributed by atoms with van der Waals surface area (Å²) in [6, 6.07) is 4.05. The Morgan fingerprint density at radius 3 is 2.44 bits per heavy atom. The third kappa shape index (κ3) is 3.91. The largest absolute Gasteiger partial charge is 0.377 e. The molecule has 0 spiro atoms. The van der Waals surface area contributed by atoms with Crippen molar-refractivity contribution in [1.29, 1.82) is 0 Å². The molecular weight excluding hydrogens is 200 g/mol. The Bertz CT molecular complexity index is 287. The van der Waals surface area contributed by atoms with Gasteiger partial charge in [0.2, 0.25) is 0 Å². The minimum absolute atomic E-state index is 0.0438. The van der Waals surface area contributed by atoms with Crippen molar-refractivity contribution in [3.05, 3.63) is 30.1 Å². The van der Waals surface area contributed by atoms with Gasteiger partial charge < -0.3 is 10.5 Å². The van der Waals surface area contributed by atoms with Crippen molar-refractivity contribution in [3.63, 3.8) is 0 Å². The van der Waals surface area contributed by atoms with E-state index in [1.807, 2.05) is 19.1 Å². The lowest BCUT2D eigenvalue weighted by atomic mass is 9.95. The van der Waals surface area contributed by atoms with Crippen molar-refractivity contribution >= 4 is 0 Å². The molecule has 3 heteroatoms. The Labute approximate surface area is 98.0 Å². The summed E-state index contributed by atoms with van der Waals surface area (Å²) in [4.78, 5) is 4.00. The molecular formula is C13H22N2O. The molecule has 1 rings (SSSR count). The number of rotatable bonds is 6. The summed E-state index contributed by atoms with van der Waals surface area (Å²) in [6.45, 7) is 7.01. The molecule has 0 aliphatic heterocycles. The van der Waals surface area contributed by atoms with Crippen LogP contribution in [0.1, 0.15) is 26.3 Å². The standard InChI is InChI=1S/C13H22N2O/c1-4-16-13(10(2)3)12(14)9-11-5-7-15-8-6-11/h5-8,10,12-13H,4,9,14H2,1-3H3. The van der Waals surface area contributed by atoms with E-state index in [-0.39, 0.29) is 12.1 Å². The smallest absolute Gasteiger partial charge is 0.0751 e. The lowest BCUT2D eigenvalue weighted by Crippen LogP contribution is -2.42. The number of nitrogens with two attached hydrogens (primary N) is 1. The monoisotopic (exact) mass is 222 g/mol. The van der Waals surface area contributed by atoms with E-state index in [1.165, 1.54) is 5.56 Å². The maximum atomic E-state index is 6.19. The predicted molar refractivity (Wildman–Crippen MR) is 66.2 cm³/mol. The summed E-state index contributed by atoms with van der Waals surface area (Å²) < 4.78 is 5.70. The molecule has 1 heterocycles. The van der Waals surface area contributed by atoms with Gasteiger partial charge in [-0.05, 0) is 37.0 Å². The molecule has 0 saturated heterocycles. The molecule has 1 aromatic heterocycles. The lowest BCUT2D eigenvalue weighted by molar-refractivity contribution is 0.0128. The van der Waals surface area contributed by atoms with Crippen LogP contribution < -0.4 is 5.73 Å². The van der Waals surface area contributed by atoms with E-state index in [0.717, 1.165) is 6.42 Å². The first-order chi connectivity index (χ1) is 7.65. The zero-order chi connectivity index (χ0) is 12.0. The van der Waals surface area contributed by atoms with Crippen molar-refractivity contribution in [2.75, 3.05) is 6.61 Å². The summed E-state index contributed by atoms with van der Waals surface area (Å²) in [7, 11) is 0. The first-order valence-electron chi connectivity index (χ1n) is 5.91. The second-order valence-corrected chi connectivity index (χ2v) is 4.39. The fourth-order valence-corrected chi connectivity index (χ4v) is 1.91. The van der Waals surface area contributed by atoms with Gasteiger partial charge in [0, 0.05) is 25.0 Å². The van der Waals surface area contributed by atoms with E-state index >= 15 is 0 Å². The molecule has 0 radical (unpaired) electrons. The van der Waals surface area contributed by atoms with Gasteiger partial charge in [0.05, 0.1) is 6.10 Å². The van der Waals surface area contributed by atoms with E-state index in [4.69, 9.17) is 10.5 Å². The van der Waals surface area contributed by atoms with Crippen molar-refractivity contribution in [2.45, 2.75) is 39.3 Å². The van der Waals surface area contributed by atoms with Crippen LogP contribution in [0.25, 0.3) is 0 Å². The maximum absolute atomic E-state index is 6.19. The van der Waals surface area contributed by atoms with Crippen molar-refractivity contribution in [2.24, 2.45) is 11.7 Å². The Morgan fingerprint density at radius 2 is 1.94 bits per heavy atom. The molecule has 2 N–H and O–H groups in total. The first kappa shape index (κ1) is 13.1. The summed E-state index contributed by atoms with van der Waals surface area (Å²) in [5, 5.41) is 0. The van der Waals surface area contributed by atoms with Crippen LogP contribution in [0.4, 0.5) is 0 Å². The van der Waals surface area contributed by atoms with E-state index in [2.05, 4.69) is 18.8 Å². The fraction of sp³-hybridized carbons (Fsp3) is 0.615. The number of nitrogens with zero attached hydrogens (tertiary/aromatic N) is 1. The van der Waals surface area contributed by atoms with Gasteiger partial charge in [0.15, 0.2) is 0 Å². The third-order valence-corrected chi connectivity index (χ3v) is 2.66. The van der Waals surface area contributed by atoms with Crippen molar-refractivity contribution in [3.8, 4) is 0 Å². The van der Waals surface area contributed by atoms with Gasteiger partial charge in [0.1, 0.15) is 0 Å². The number of pyridine rings is 1. The molecule has 2 atom stereocenters. The van der Waals surface area contributed by atoms with Gasteiger partial charge >= 0.3 is 0 Å². The van der Waals surface area contributed by atoms with Gasteiger partial charge in [-0.15, -0.1) is 0 Å². The van der Waals surface area contributed by atoms with Crippen LogP contribution in [0, 0.1) is 5.92 Å². The van der Waals surface area contributed by atoms with Gasteiger partial charge in [-0.2, -0.15) is 0 Å². The summed E-state index contributed by atoms with van der Waals surface area (Å²) in [6.07, 6.45) is 4.56. The quantitative estimate of drug-likeness (QED) is 0.801. The summed E-state index contributed by atoms with van der Waals surface area (Å²) in [5.74, 6) is 0.441. The molecule has 3 nitrogen and oxygen atoms in total. The highest BCUT2D eigenvalue weighted by Gasteiger charge is 2.21. The van der Waals surface area contributed by atoms with Crippen molar-refractivity contribution in [1.82, 2.24) is 4.98 Å². The maximum Gasteiger partial charge on any atom is 0.0751 e. The molecule has 1 aromatic rings. The normalized spacial score (nSPS) is 15.1. The molecule has 0 aliphatic carbocycles.